The minimum atomic E-state index is -0.0846. The molecule has 2 spiro atoms. The Balaban J connectivity index is 1.36. The molecular weight excluding hydrogens is 404 g/mol. The maximum atomic E-state index is 11.7. The number of rotatable bonds is 5. The molecule has 0 aromatic carbocycles. The van der Waals surface area contributed by atoms with Gasteiger partial charge in [-0.2, -0.15) is 0 Å². The molecule has 0 aromatic rings. The van der Waals surface area contributed by atoms with Crippen LogP contribution in [-0.2, 0) is 9.53 Å². The van der Waals surface area contributed by atoms with Crippen LogP contribution in [0.15, 0.2) is 11.6 Å². The molecule has 186 valence electrons. The van der Waals surface area contributed by atoms with Crippen LogP contribution in [0.2, 0.25) is 0 Å². The van der Waals surface area contributed by atoms with E-state index >= 15 is 0 Å². The first-order chi connectivity index (χ1) is 15.5. The van der Waals surface area contributed by atoms with Crippen molar-refractivity contribution < 1.29 is 9.53 Å². The molecule has 0 N–H and O–H groups in total. The van der Waals surface area contributed by atoms with Crippen molar-refractivity contribution in [3.05, 3.63) is 11.6 Å². The Kier molecular flexibility index (Phi) is 5.70. The Labute approximate surface area is 203 Å². The molecule has 10 atom stereocenters. The predicted molar refractivity (Wildman–Crippen MR) is 136 cm³/mol. The first-order valence-electron chi connectivity index (χ1n) is 14.3. The second-order valence-corrected chi connectivity index (χ2v) is 14.1. The van der Waals surface area contributed by atoms with Gasteiger partial charge in [0, 0.05) is 6.92 Å². The first-order valence-corrected chi connectivity index (χ1v) is 14.3. The Morgan fingerprint density at radius 3 is 2.42 bits per heavy atom. The SMILES string of the molecule is CC(=O)O[C@H]1CC[C@]23C[C@]24CC[C@]2(C)[C@@H]([C@H](C)CCC=C(C)C)CC[C@@]2(C)[C@@H]4CC[C@H]3[C@@H]1C. The van der Waals surface area contributed by atoms with E-state index in [4.69, 9.17) is 4.74 Å². The van der Waals surface area contributed by atoms with Crippen LogP contribution in [0, 0.1) is 51.2 Å². The van der Waals surface area contributed by atoms with Crippen LogP contribution in [0.1, 0.15) is 119 Å². The maximum absolute atomic E-state index is 11.7. The van der Waals surface area contributed by atoms with Crippen LogP contribution in [-0.4, -0.2) is 12.1 Å². The molecule has 0 unspecified atom stereocenters. The van der Waals surface area contributed by atoms with Gasteiger partial charge in [-0.15, -0.1) is 0 Å². The van der Waals surface area contributed by atoms with Crippen LogP contribution in [0.4, 0.5) is 0 Å². The summed E-state index contributed by atoms with van der Waals surface area (Å²) >= 11 is 0. The van der Waals surface area contributed by atoms with Gasteiger partial charge in [0.05, 0.1) is 0 Å². The number of hydrogen-bond donors (Lipinski definition) is 0. The fraction of sp³-hybridized carbons (Fsp3) is 0.903. The lowest BCUT2D eigenvalue weighted by Gasteiger charge is -2.62. The Morgan fingerprint density at radius 2 is 1.73 bits per heavy atom. The zero-order valence-corrected chi connectivity index (χ0v) is 22.6. The monoisotopic (exact) mass is 454 g/mol. The lowest BCUT2D eigenvalue weighted by atomic mass is 9.43. The summed E-state index contributed by atoms with van der Waals surface area (Å²) in [5.74, 6) is 3.89. The molecule has 2 heteroatoms. The molecule has 0 radical (unpaired) electrons. The molecule has 0 amide bonds. The van der Waals surface area contributed by atoms with E-state index in [1.54, 1.807) is 6.92 Å². The third-order valence-electron chi connectivity index (χ3n) is 12.9. The molecule has 33 heavy (non-hydrogen) atoms. The summed E-state index contributed by atoms with van der Waals surface area (Å²) in [4.78, 5) is 11.7. The van der Waals surface area contributed by atoms with Crippen molar-refractivity contribution in [1.82, 2.24) is 0 Å². The van der Waals surface area contributed by atoms with Crippen LogP contribution in [0.25, 0.3) is 0 Å². The Morgan fingerprint density at radius 1 is 0.970 bits per heavy atom. The van der Waals surface area contributed by atoms with Crippen molar-refractivity contribution in [2.75, 3.05) is 0 Å². The van der Waals surface area contributed by atoms with Gasteiger partial charge in [-0.25, -0.2) is 0 Å². The summed E-state index contributed by atoms with van der Waals surface area (Å²) in [5.41, 5.74) is 3.69. The number of fused-ring (bicyclic) bond motifs is 2. The highest BCUT2D eigenvalue weighted by molar-refractivity contribution is 5.66. The smallest absolute Gasteiger partial charge is 0.302 e. The van der Waals surface area contributed by atoms with Crippen LogP contribution in [0.5, 0.6) is 0 Å². The molecule has 5 aliphatic carbocycles. The number of carbonyl (C=O) groups excluding carboxylic acids is 1. The zero-order valence-electron chi connectivity index (χ0n) is 22.6. The topological polar surface area (TPSA) is 26.3 Å². The average Bonchev–Trinajstić information content (AvgIpc) is 3.32. The summed E-state index contributed by atoms with van der Waals surface area (Å²) in [6.07, 6.45) is 17.8. The Bertz CT molecular complexity index is 825. The highest BCUT2D eigenvalue weighted by Gasteiger charge is 2.81. The van der Waals surface area contributed by atoms with Gasteiger partial charge in [-0.3, -0.25) is 4.79 Å². The van der Waals surface area contributed by atoms with E-state index < -0.39 is 0 Å². The molecule has 5 rings (SSSR count). The van der Waals surface area contributed by atoms with Crippen molar-refractivity contribution >= 4 is 5.97 Å². The number of ether oxygens (including phenoxy) is 1. The highest BCUT2D eigenvalue weighted by atomic mass is 16.5. The number of carbonyl (C=O) groups is 1. The minimum absolute atomic E-state index is 0.0846. The summed E-state index contributed by atoms with van der Waals surface area (Å²) < 4.78 is 5.80. The number of hydrogen-bond acceptors (Lipinski definition) is 2. The van der Waals surface area contributed by atoms with Crippen molar-refractivity contribution in [1.29, 1.82) is 0 Å². The van der Waals surface area contributed by atoms with Crippen LogP contribution < -0.4 is 0 Å². The van der Waals surface area contributed by atoms with Crippen molar-refractivity contribution in [3.8, 4) is 0 Å². The lowest BCUT2D eigenvalue weighted by molar-refractivity contribution is -0.165. The summed E-state index contributed by atoms with van der Waals surface area (Å²) in [5, 5.41) is 0. The average molecular weight is 455 g/mol. The van der Waals surface area contributed by atoms with E-state index in [1.165, 1.54) is 69.8 Å². The molecule has 0 saturated heterocycles. The van der Waals surface area contributed by atoms with Crippen molar-refractivity contribution in [2.45, 2.75) is 125 Å². The standard InChI is InChI=1S/C31H50O2/c1-20(2)9-8-10-21(3)24-13-15-29(7)27-12-11-25-22(4)26(33-23(5)32)14-16-30(25)19-31(27,30)18-17-28(24,29)6/h9,21-22,24-27H,8,10-19H2,1-7H3/t21-,22+,24-,25+,26+,27+,28-,29+,30-,31+/m1/s1. The van der Waals surface area contributed by atoms with E-state index in [2.05, 4.69) is 47.6 Å². The normalized spacial score (nSPS) is 50.8. The third kappa shape index (κ3) is 3.20. The van der Waals surface area contributed by atoms with Gasteiger partial charge < -0.3 is 4.74 Å². The van der Waals surface area contributed by atoms with Gasteiger partial charge in [-0.05, 0) is 136 Å². The fourth-order valence-electron chi connectivity index (χ4n) is 11.2. The van der Waals surface area contributed by atoms with Gasteiger partial charge in [-0.1, -0.05) is 39.3 Å². The van der Waals surface area contributed by atoms with E-state index in [-0.39, 0.29) is 12.1 Å². The van der Waals surface area contributed by atoms with Gasteiger partial charge >= 0.3 is 5.97 Å². The van der Waals surface area contributed by atoms with Crippen LogP contribution >= 0.6 is 0 Å². The predicted octanol–water partition coefficient (Wildman–Crippen LogP) is 8.35. The van der Waals surface area contributed by atoms with Gasteiger partial charge in [0.1, 0.15) is 6.10 Å². The van der Waals surface area contributed by atoms with E-state index in [0.29, 0.717) is 27.6 Å². The summed E-state index contributed by atoms with van der Waals surface area (Å²) in [7, 11) is 0. The molecule has 0 aromatic heterocycles. The largest absolute Gasteiger partial charge is 0.462 e. The van der Waals surface area contributed by atoms with Crippen molar-refractivity contribution in [3.63, 3.8) is 0 Å². The first kappa shape index (κ1) is 23.9. The Hall–Kier alpha value is -0.790. The minimum Gasteiger partial charge on any atom is -0.462 e. The summed E-state index contributed by atoms with van der Waals surface area (Å²) in [6, 6.07) is 0. The van der Waals surface area contributed by atoms with E-state index in [9.17, 15) is 4.79 Å². The van der Waals surface area contributed by atoms with Gasteiger partial charge in [0.15, 0.2) is 0 Å². The van der Waals surface area contributed by atoms with Crippen LogP contribution in [0.3, 0.4) is 0 Å². The molecule has 0 bridgehead atoms. The third-order valence-corrected chi connectivity index (χ3v) is 12.9. The quantitative estimate of drug-likeness (QED) is 0.308. The van der Waals surface area contributed by atoms with Gasteiger partial charge in [0.2, 0.25) is 0 Å². The fourth-order valence-corrected chi connectivity index (χ4v) is 11.2. The van der Waals surface area contributed by atoms with E-state index in [1.807, 2.05) is 0 Å². The molecule has 5 fully saturated rings. The molecular formula is C31H50O2. The molecule has 5 aliphatic rings. The molecule has 2 nitrogen and oxygen atoms in total. The number of esters is 1. The maximum Gasteiger partial charge on any atom is 0.302 e. The molecule has 5 saturated carbocycles. The zero-order chi connectivity index (χ0) is 23.8. The second kappa shape index (κ2) is 7.86. The highest BCUT2D eigenvalue weighted by Crippen LogP contribution is 2.88. The molecule has 0 heterocycles. The van der Waals surface area contributed by atoms with Crippen molar-refractivity contribution in [2.24, 2.45) is 51.2 Å². The summed E-state index contributed by atoms with van der Waals surface area (Å²) in [6.45, 7) is 16.5. The van der Waals surface area contributed by atoms with Gasteiger partial charge in [0.25, 0.3) is 0 Å². The lowest BCUT2D eigenvalue weighted by Crippen LogP contribution is -2.56. The second-order valence-electron chi connectivity index (χ2n) is 14.1. The molecule has 0 aliphatic heterocycles. The number of allylic oxidation sites excluding steroid dienone is 2. The van der Waals surface area contributed by atoms with E-state index in [0.717, 1.165) is 30.1 Å².